The van der Waals surface area contributed by atoms with Gasteiger partial charge in [-0.3, -0.25) is 9.36 Å². The minimum absolute atomic E-state index is 0.00486. The van der Waals surface area contributed by atoms with E-state index in [4.69, 9.17) is 15.5 Å². The molecule has 1 saturated heterocycles. The number of rotatable bonds is 3. The molecule has 0 radical (unpaired) electrons. The van der Waals surface area contributed by atoms with Gasteiger partial charge in [-0.05, 0) is 19.1 Å². The molecular weight excluding hydrogens is 338 g/mol. The molecule has 1 aliphatic rings. The van der Waals surface area contributed by atoms with Crippen LogP contribution in [0.25, 0.3) is 16.2 Å². The van der Waals surface area contributed by atoms with Gasteiger partial charge in [-0.2, -0.15) is 0 Å². The summed E-state index contributed by atoms with van der Waals surface area (Å²) >= 11 is 1.50. The molecule has 8 heteroatoms. The van der Waals surface area contributed by atoms with Crippen LogP contribution in [-0.2, 0) is 4.74 Å². The maximum absolute atomic E-state index is 12.5. The normalized spacial score (nSPS) is 20.5. The highest BCUT2D eigenvalue weighted by Gasteiger charge is 2.31. The second-order valence-corrected chi connectivity index (χ2v) is 7.08. The average molecular weight is 357 g/mol. The first-order chi connectivity index (χ1) is 12.1. The molecule has 0 aliphatic carbocycles. The van der Waals surface area contributed by atoms with Gasteiger partial charge in [0, 0.05) is 43.5 Å². The molecule has 0 unspecified atom stereocenters. The van der Waals surface area contributed by atoms with Gasteiger partial charge in [0.05, 0.1) is 17.5 Å². The van der Waals surface area contributed by atoms with Crippen molar-refractivity contribution in [2.45, 2.75) is 19.1 Å². The van der Waals surface area contributed by atoms with Crippen LogP contribution in [0.3, 0.4) is 0 Å². The molecule has 2 atom stereocenters. The summed E-state index contributed by atoms with van der Waals surface area (Å²) in [5, 5.41) is 3.28. The number of aromatic nitrogens is 3. The minimum atomic E-state index is -0.0540. The first-order valence-electron chi connectivity index (χ1n) is 8.04. The van der Waals surface area contributed by atoms with E-state index in [1.807, 2.05) is 29.0 Å². The largest absolute Gasteiger partial charge is 0.378 e. The zero-order valence-corrected chi connectivity index (χ0v) is 14.9. The maximum atomic E-state index is 12.5. The SMILES string of the molecule is CO[C@H]1CN(c2ccc3c(=O)c(C)cn(-c4nccs4)c3n2)C[C@@H]1N. The van der Waals surface area contributed by atoms with Crippen LogP contribution in [-0.4, -0.2) is 46.9 Å². The Morgan fingerprint density at radius 1 is 1.36 bits per heavy atom. The van der Waals surface area contributed by atoms with E-state index in [-0.39, 0.29) is 17.6 Å². The maximum Gasteiger partial charge on any atom is 0.195 e. The third-order valence-corrected chi connectivity index (χ3v) is 5.35. The van der Waals surface area contributed by atoms with E-state index in [9.17, 15) is 4.79 Å². The number of pyridine rings is 2. The lowest BCUT2D eigenvalue weighted by Gasteiger charge is -2.18. The quantitative estimate of drug-likeness (QED) is 0.761. The minimum Gasteiger partial charge on any atom is -0.378 e. The first kappa shape index (κ1) is 16.2. The number of aryl methyl sites for hydroxylation is 1. The smallest absolute Gasteiger partial charge is 0.195 e. The molecule has 3 aromatic heterocycles. The highest BCUT2D eigenvalue weighted by molar-refractivity contribution is 7.12. The summed E-state index contributed by atoms with van der Waals surface area (Å²) in [6.45, 7) is 3.16. The van der Waals surface area contributed by atoms with Crippen molar-refractivity contribution in [3.8, 4) is 5.13 Å². The fraction of sp³-hybridized carbons (Fsp3) is 0.353. The summed E-state index contributed by atoms with van der Waals surface area (Å²) in [6.07, 6.45) is 3.52. The fourth-order valence-electron chi connectivity index (χ4n) is 3.22. The molecule has 4 rings (SSSR count). The summed E-state index contributed by atoms with van der Waals surface area (Å²) < 4.78 is 7.30. The fourth-order valence-corrected chi connectivity index (χ4v) is 3.84. The summed E-state index contributed by atoms with van der Waals surface area (Å²) in [6, 6.07) is 3.66. The van der Waals surface area contributed by atoms with Crippen LogP contribution in [0.15, 0.2) is 34.7 Å². The number of ether oxygens (including phenoxy) is 1. The number of anilines is 1. The van der Waals surface area contributed by atoms with Crippen molar-refractivity contribution in [3.05, 3.63) is 45.7 Å². The van der Waals surface area contributed by atoms with Crippen LogP contribution in [0.4, 0.5) is 5.82 Å². The van der Waals surface area contributed by atoms with Crippen molar-refractivity contribution in [3.63, 3.8) is 0 Å². The Bertz CT molecular complexity index is 969. The number of hydrogen-bond acceptors (Lipinski definition) is 7. The second-order valence-electron chi connectivity index (χ2n) is 6.21. The molecule has 0 bridgehead atoms. The molecule has 2 N–H and O–H groups in total. The molecule has 25 heavy (non-hydrogen) atoms. The molecule has 0 aromatic carbocycles. The summed E-state index contributed by atoms with van der Waals surface area (Å²) in [5.74, 6) is 0.788. The zero-order chi connectivity index (χ0) is 17.6. The van der Waals surface area contributed by atoms with E-state index in [2.05, 4.69) is 9.88 Å². The van der Waals surface area contributed by atoms with Gasteiger partial charge in [-0.25, -0.2) is 9.97 Å². The monoisotopic (exact) mass is 357 g/mol. The molecule has 1 aliphatic heterocycles. The average Bonchev–Trinajstić information content (AvgIpc) is 3.27. The van der Waals surface area contributed by atoms with Crippen molar-refractivity contribution >= 4 is 28.2 Å². The Morgan fingerprint density at radius 3 is 2.88 bits per heavy atom. The Morgan fingerprint density at radius 2 is 2.20 bits per heavy atom. The van der Waals surface area contributed by atoms with Gasteiger partial charge >= 0.3 is 0 Å². The van der Waals surface area contributed by atoms with E-state index in [1.165, 1.54) is 11.3 Å². The Kier molecular flexibility index (Phi) is 4.03. The third kappa shape index (κ3) is 2.72. The van der Waals surface area contributed by atoms with Crippen LogP contribution in [0.2, 0.25) is 0 Å². The van der Waals surface area contributed by atoms with Crippen molar-refractivity contribution < 1.29 is 4.74 Å². The topological polar surface area (TPSA) is 86.3 Å². The Balaban J connectivity index is 1.86. The van der Waals surface area contributed by atoms with Crippen LogP contribution in [0.5, 0.6) is 0 Å². The van der Waals surface area contributed by atoms with Gasteiger partial charge in [0.15, 0.2) is 16.2 Å². The van der Waals surface area contributed by atoms with Crippen molar-refractivity contribution in [2.75, 3.05) is 25.1 Å². The Hall–Kier alpha value is -2.29. The van der Waals surface area contributed by atoms with E-state index in [0.717, 1.165) is 10.9 Å². The molecule has 1 fully saturated rings. The van der Waals surface area contributed by atoms with Gasteiger partial charge in [-0.1, -0.05) is 0 Å². The summed E-state index contributed by atoms with van der Waals surface area (Å²) in [7, 11) is 1.67. The number of thiazole rings is 1. The van der Waals surface area contributed by atoms with Crippen molar-refractivity contribution in [1.82, 2.24) is 14.5 Å². The van der Waals surface area contributed by atoms with Gasteiger partial charge < -0.3 is 15.4 Å². The molecular formula is C17H19N5O2S. The third-order valence-electron chi connectivity index (χ3n) is 4.58. The number of nitrogens with zero attached hydrogens (tertiary/aromatic N) is 4. The lowest BCUT2D eigenvalue weighted by atomic mass is 10.2. The van der Waals surface area contributed by atoms with Gasteiger partial charge in [0.2, 0.25) is 0 Å². The van der Waals surface area contributed by atoms with Crippen molar-refractivity contribution in [1.29, 1.82) is 0 Å². The van der Waals surface area contributed by atoms with Crippen LogP contribution < -0.4 is 16.1 Å². The molecule has 0 spiro atoms. The van der Waals surface area contributed by atoms with E-state index in [0.29, 0.717) is 29.7 Å². The highest BCUT2D eigenvalue weighted by Crippen LogP contribution is 2.24. The number of methoxy groups -OCH3 is 1. The predicted molar refractivity (Wildman–Crippen MR) is 98.7 cm³/mol. The predicted octanol–water partition coefficient (Wildman–Crippen LogP) is 1.31. The number of nitrogens with two attached hydrogens (primary N) is 1. The van der Waals surface area contributed by atoms with E-state index in [1.54, 1.807) is 19.5 Å². The standard InChI is InChI=1S/C17H19N5O2S/c1-10-7-22(17-19-5-6-25-17)16-11(15(10)23)3-4-14(20-16)21-8-12(18)13(9-21)24-2/h3-7,12-13H,8-9,18H2,1-2H3/t12-,13-/m0/s1. The van der Waals surface area contributed by atoms with Gasteiger partial charge in [0.25, 0.3) is 0 Å². The molecule has 3 aromatic rings. The molecule has 4 heterocycles. The molecule has 0 saturated carbocycles. The first-order valence-corrected chi connectivity index (χ1v) is 8.92. The second kappa shape index (κ2) is 6.21. The van der Waals surface area contributed by atoms with Crippen molar-refractivity contribution in [2.24, 2.45) is 5.73 Å². The van der Waals surface area contributed by atoms with Gasteiger partial charge in [0.1, 0.15) is 5.82 Å². The van der Waals surface area contributed by atoms with E-state index >= 15 is 0 Å². The Labute approximate surface area is 148 Å². The summed E-state index contributed by atoms with van der Waals surface area (Å²) in [4.78, 5) is 23.7. The van der Waals surface area contributed by atoms with E-state index < -0.39 is 0 Å². The molecule has 130 valence electrons. The molecule has 0 amide bonds. The lowest BCUT2D eigenvalue weighted by molar-refractivity contribution is 0.108. The lowest BCUT2D eigenvalue weighted by Crippen LogP contribution is -2.34. The van der Waals surface area contributed by atoms with Gasteiger partial charge in [-0.15, -0.1) is 11.3 Å². The van der Waals surface area contributed by atoms with Crippen LogP contribution in [0.1, 0.15) is 5.56 Å². The molecule has 7 nitrogen and oxygen atoms in total. The zero-order valence-electron chi connectivity index (χ0n) is 14.0. The van der Waals surface area contributed by atoms with Crippen LogP contribution in [0, 0.1) is 6.92 Å². The van der Waals surface area contributed by atoms with Crippen LogP contribution >= 0.6 is 11.3 Å². The number of hydrogen-bond donors (Lipinski definition) is 1. The number of fused-ring (bicyclic) bond motifs is 1. The summed E-state index contributed by atoms with van der Waals surface area (Å²) in [5.41, 5.74) is 7.39. The highest BCUT2D eigenvalue weighted by atomic mass is 32.1.